The molecule has 0 saturated carbocycles. The number of nitrogens with zero attached hydrogens (tertiary/aromatic N) is 3. The average molecular weight is 217 g/mol. The van der Waals surface area contributed by atoms with Crippen LogP contribution in [0.15, 0.2) is 12.3 Å². The number of aryl methyl sites for hydroxylation is 1. The Bertz CT molecular complexity index is 509. The zero-order valence-electron chi connectivity index (χ0n) is 10.7. The second kappa shape index (κ2) is 3.89. The second-order valence-corrected chi connectivity index (χ2v) is 4.95. The fourth-order valence-corrected chi connectivity index (χ4v) is 2.03. The molecule has 0 unspecified atom stereocenters. The van der Waals surface area contributed by atoms with Crippen LogP contribution in [0.2, 0.25) is 0 Å². The molecule has 2 aromatic heterocycles. The third-order valence-electron chi connectivity index (χ3n) is 2.94. The summed E-state index contributed by atoms with van der Waals surface area (Å²) in [6.45, 7) is 8.81. The van der Waals surface area contributed by atoms with E-state index < -0.39 is 0 Å². The smallest absolute Gasteiger partial charge is 0.157 e. The Labute approximate surface area is 96.5 Å². The van der Waals surface area contributed by atoms with Crippen molar-refractivity contribution in [1.29, 1.82) is 0 Å². The molecule has 0 aliphatic carbocycles. The molecule has 0 aromatic carbocycles. The summed E-state index contributed by atoms with van der Waals surface area (Å²) in [6.07, 6.45) is 1.89. The van der Waals surface area contributed by atoms with Crippen molar-refractivity contribution in [3.63, 3.8) is 0 Å². The van der Waals surface area contributed by atoms with Crippen LogP contribution in [0.4, 0.5) is 0 Å². The van der Waals surface area contributed by atoms with E-state index in [-0.39, 0.29) is 0 Å². The molecule has 0 saturated heterocycles. The minimum atomic E-state index is 0.455. The van der Waals surface area contributed by atoms with Crippen LogP contribution in [0.3, 0.4) is 0 Å². The predicted octanol–water partition coefficient (Wildman–Crippen LogP) is 3.22. The molecule has 0 amide bonds. The monoisotopic (exact) mass is 217 g/mol. The van der Waals surface area contributed by atoms with Crippen LogP contribution < -0.4 is 0 Å². The molecule has 0 aliphatic rings. The summed E-state index contributed by atoms with van der Waals surface area (Å²) in [5.41, 5.74) is 3.52. The number of aromatic nitrogens is 3. The maximum atomic E-state index is 4.76. The van der Waals surface area contributed by atoms with Crippen molar-refractivity contribution in [3.05, 3.63) is 23.5 Å². The quantitative estimate of drug-likeness (QED) is 0.773. The van der Waals surface area contributed by atoms with Gasteiger partial charge in [-0.2, -0.15) is 5.10 Å². The molecule has 0 fully saturated rings. The Hall–Kier alpha value is -1.38. The third-order valence-corrected chi connectivity index (χ3v) is 2.94. The van der Waals surface area contributed by atoms with Crippen molar-refractivity contribution >= 4 is 11.0 Å². The molecule has 2 aromatic rings. The summed E-state index contributed by atoms with van der Waals surface area (Å²) in [7, 11) is 1.94. The van der Waals surface area contributed by atoms with E-state index in [1.165, 1.54) is 11.3 Å². The van der Waals surface area contributed by atoms with E-state index in [1.807, 2.05) is 17.9 Å². The second-order valence-electron chi connectivity index (χ2n) is 4.95. The van der Waals surface area contributed by atoms with E-state index in [0.717, 1.165) is 11.0 Å². The van der Waals surface area contributed by atoms with Crippen LogP contribution in [0.1, 0.15) is 50.8 Å². The highest BCUT2D eigenvalue weighted by Gasteiger charge is 2.14. The lowest BCUT2D eigenvalue weighted by molar-refractivity contribution is 0.745. The van der Waals surface area contributed by atoms with Gasteiger partial charge in [0.2, 0.25) is 0 Å². The first-order valence-corrected chi connectivity index (χ1v) is 5.83. The highest BCUT2D eigenvalue weighted by atomic mass is 15.3. The van der Waals surface area contributed by atoms with Gasteiger partial charge in [0, 0.05) is 18.1 Å². The number of pyridine rings is 1. The Morgan fingerprint density at radius 1 is 1.12 bits per heavy atom. The predicted molar refractivity (Wildman–Crippen MR) is 66.7 cm³/mol. The standard InChI is InChI=1S/C13H19N3/c1-8(2)11-6-10-7-14-16(5)13(10)15-12(11)9(3)4/h6-9H,1-5H3. The summed E-state index contributed by atoms with van der Waals surface area (Å²) in [4.78, 5) is 4.76. The minimum Gasteiger partial charge on any atom is -0.250 e. The molecular formula is C13H19N3. The van der Waals surface area contributed by atoms with E-state index in [0.29, 0.717) is 11.8 Å². The molecule has 2 rings (SSSR count). The highest BCUT2D eigenvalue weighted by molar-refractivity contribution is 5.76. The topological polar surface area (TPSA) is 30.7 Å². The van der Waals surface area contributed by atoms with Gasteiger partial charge >= 0.3 is 0 Å². The highest BCUT2D eigenvalue weighted by Crippen LogP contribution is 2.27. The zero-order valence-corrected chi connectivity index (χ0v) is 10.7. The maximum Gasteiger partial charge on any atom is 0.157 e. The van der Waals surface area contributed by atoms with E-state index in [9.17, 15) is 0 Å². The van der Waals surface area contributed by atoms with Gasteiger partial charge in [-0.15, -0.1) is 0 Å². The lowest BCUT2D eigenvalue weighted by Crippen LogP contribution is -2.03. The van der Waals surface area contributed by atoms with E-state index >= 15 is 0 Å². The Kier molecular flexibility index (Phi) is 2.70. The first kappa shape index (κ1) is 11.1. The van der Waals surface area contributed by atoms with Gasteiger partial charge in [0.15, 0.2) is 5.65 Å². The molecule has 86 valence electrons. The van der Waals surface area contributed by atoms with Crippen molar-refractivity contribution in [2.45, 2.75) is 39.5 Å². The normalized spacial score (nSPS) is 11.9. The van der Waals surface area contributed by atoms with E-state index in [1.54, 1.807) is 0 Å². The first-order valence-electron chi connectivity index (χ1n) is 5.83. The fourth-order valence-electron chi connectivity index (χ4n) is 2.03. The molecule has 3 heteroatoms. The molecule has 3 nitrogen and oxygen atoms in total. The zero-order chi connectivity index (χ0) is 11.9. The van der Waals surface area contributed by atoms with Crippen molar-refractivity contribution in [2.75, 3.05) is 0 Å². The molecule has 0 aliphatic heterocycles. The van der Waals surface area contributed by atoms with Crippen molar-refractivity contribution < 1.29 is 0 Å². The number of hydrogen-bond acceptors (Lipinski definition) is 2. The van der Waals surface area contributed by atoms with Gasteiger partial charge in [0.25, 0.3) is 0 Å². The van der Waals surface area contributed by atoms with Crippen LogP contribution in [-0.2, 0) is 7.05 Å². The lowest BCUT2D eigenvalue weighted by Gasteiger charge is -2.14. The van der Waals surface area contributed by atoms with Crippen LogP contribution in [-0.4, -0.2) is 14.8 Å². The number of hydrogen-bond donors (Lipinski definition) is 0. The van der Waals surface area contributed by atoms with Crippen molar-refractivity contribution in [2.24, 2.45) is 7.05 Å². The average Bonchev–Trinajstić information content (AvgIpc) is 2.58. The summed E-state index contributed by atoms with van der Waals surface area (Å²) in [5.74, 6) is 0.964. The minimum absolute atomic E-state index is 0.455. The third kappa shape index (κ3) is 1.70. The van der Waals surface area contributed by atoms with Gasteiger partial charge in [-0.3, -0.25) is 4.68 Å². The van der Waals surface area contributed by atoms with Crippen molar-refractivity contribution in [3.8, 4) is 0 Å². The van der Waals surface area contributed by atoms with Gasteiger partial charge in [0.05, 0.1) is 6.20 Å². The van der Waals surface area contributed by atoms with Crippen LogP contribution in [0, 0.1) is 0 Å². The summed E-state index contributed by atoms with van der Waals surface area (Å²) >= 11 is 0. The SMILES string of the molecule is CC(C)c1cc2cnn(C)c2nc1C(C)C. The summed E-state index contributed by atoms with van der Waals surface area (Å²) in [6, 6.07) is 2.23. The van der Waals surface area contributed by atoms with Crippen LogP contribution in [0.25, 0.3) is 11.0 Å². The molecule has 2 heterocycles. The van der Waals surface area contributed by atoms with Gasteiger partial charge in [-0.25, -0.2) is 4.98 Å². The molecule has 16 heavy (non-hydrogen) atoms. The summed E-state index contributed by atoms with van der Waals surface area (Å²) < 4.78 is 1.84. The summed E-state index contributed by atoms with van der Waals surface area (Å²) in [5, 5.41) is 5.39. The molecule has 0 spiro atoms. The number of fused-ring (bicyclic) bond motifs is 1. The van der Waals surface area contributed by atoms with Crippen LogP contribution in [0.5, 0.6) is 0 Å². The van der Waals surface area contributed by atoms with E-state index in [2.05, 4.69) is 38.9 Å². The fraction of sp³-hybridized carbons (Fsp3) is 0.538. The van der Waals surface area contributed by atoms with Crippen LogP contribution >= 0.6 is 0 Å². The van der Waals surface area contributed by atoms with Gasteiger partial charge in [0.1, 0.15) is 0 Å². The Morgan fingerprint density at radius 3 is 2.38 bits per heavy atom. The molecule has 0 bridgehead atoms. The molecular weight excluding hydrogens is 198 g/mol. The molecule has 0 radical (unpaired) electrons. The molecule has 0 N–H and O–H groups in total. The van der Waals surface area contributed by atoms with E-state index in [4.69, 9.17) is 4.98 Å². The van der Waals surface area contributed by atoms with Crippen molar-refractivity contribution in [1.82, 2.24) is 14.8 Å². The largest absolute Gasteiger partial charge is 0.250 e. The number of rotatable bonds is 2. The van der Waals surface area contributed by atoms with Gasteiger partial charge in [-0.1, -0.05) is 27.7 Å². The first-order chi connectivity index (χ1) is 7.50. The van der Waals surface area contributed by atoms with Gasteiger partial charge < -0.3 is 0 Å². The maximum absolute atomic E-state index is 4.76. The Morgan fingerprint density at radius 2 is 1.81 bits per heavy atom. The van der Waals surface area contributed by atoms with Gasteiger partial charge in [-0.05, 0) is 23.5 Å². The molecule has 0 atom stereocenters. The lowest BCUT2D eigenvalue weighted by atomic mass is 9.95. The Balaban J connectivity index is 2.73.